The highest BCUT2D eigenvalue weighted by Crippen LogP contribution is 2.19. The van der Waals surface area contributed by atoms with E-state index in [4.69, 9.17) is 11.6 Å². The van der Waals surface area contributed by atoms with Crippen LogP contribution in [0.15, 0.2) is 47.4 Å². The van der Waals surface area contributed by atoms with Crippen molar-refractivity contribution in [2.75, 3.05) is 11.9 Å². The van der Waals surface area contributed by atoms with Gasteiger partial charge in [-0.25, -0.2) is 4.79 Å². The van der Waals surface area contributed by atoms with Crippen LogP contribution in [0.25, 0.3) is 0 Å². The fraction of sp³-hybridized carbons (Fsp3) is 0.294. The number of aromatic nitrogens is 1. The quantitative estimate of drug-likeness (QED) is 0.796. The second-order valence-electron chi connectivity index (χ2n) is 5.28. The molecule has 1 aromatic carbocycles. The first-order valence-corrected chi connectivity index (χ1v) is 7.90. The molecule has 2 amide bonds. The smallest absolute Gasteiger partial charge is 0.319 e. The van der Waals surface area contributed by atoms with Gasteiger partial charge in [0.1, 0.15) is 0 Å². The van der Waals surface area contributed by atoms with Gasteiger partial charge >= 0.3 is 6.03 Å². The van der Waals surface area contributed by atoms with Gasteiger partial charge in [0.05, 0.1) is 0 Å². The number of anilines is 1. The number of hydrogen-bond donors (Lipinski definition) is 2. The number of rotatable bonds is 6. The van der Waals surface area contributed by atoms with Crippen molar-refractivity contribution >= 4 is 23.3 Å². The number of nitrogens with zero attached hydrogens (tertiary/aromatic N) is 1. The minimum absolute atomic E-state index is 0.00497. The summed E-state index contributed by atoms with van der Waals surface area (Å²) in [6, 6.07) is 10.2. The molecule has 0 aliphatic heterocycles. The molecule has 23 heavy (non-hydrogen) atoms. The SMILES string of the molecule is Cc1ccc(Cl)cc1NC(=O)NCCCCn1ccccc1=O. The molecular weight excluding hydrogens is 314 g/mol. The zero-order valence-electron chi connectivity index (χ0n) is 13.0. The fourth-order valence-corrected chi connectivity index (χ4v) is 2.32. The minimum Gasteiger partial charge on any atom is -0.338 e. The minimum atomic E-state index is -0.257. The molecule has 5 nitrogen and oxygen atoms in total. The number of nitrogens with one attached hydrogen (secondary N) is 2. The van der Waals surface area contributed by atoms with Crippen molar-refractivity contribution in [3.8, 4) is 0 Å². The van der Waals surface area contributed by atoms with Gasteiger partial charge in [0.2, 0.25) is 5.56 Å². The molecule has 2 aromatic rings. The first-order valence-electron chi connectivity index (χ1n) is 7.53. The first-order chi connectivity index (χ1) is 11.1. The highest BCUT2D eigenvalue weighted by Gasteiger charge is 2.04. The number of carbonyl (C=O) groups excluding carboxylic acids is 1. The van der Waals surface area contributed by atoms with Crippen LogP contribution >= 0.6 is 11.6 Å². The molecule has 2 rings (SSSR count). The molecule has 0 saturated heterocycles. The number of benzene rings is 1. The molecule has 0 unspecified atom stereocenters. The van der Waals surface area contributed by atoms with E-state index in [1.807, 2.05) is 19.1 Å². The molecule has 1 aromatic heterocycles. The van der Waals surface area contributed by atoms with Gasteiger partial charge in [0, 0.05) is 36.1 Å². The van der Waals surface area contributed by atoms with Crippen molar-refractivity contribution in [1.29, 1.82) is 0 Å². The summed E-state index contributed by atoms with van der Waals surface area (Å²) in [5.74, 6) is 0. The standard InChI is InChI=1S/C17H20ClN3O2/c1-13-7-8-14(18)12-15(13)20-17(23)19-9-3-5-11-21-10-4-2-6-16(21)22/h2,4,6-8,10,12H,3,5,9,11H2,1H3,(H2,19,20,23). The maximum Gasteiger partial charge on any atom is 0.319 e. The fourth-order valence-electron chi connectivity index (χ4n) is 2.15. The summed E-state index contributed by atoms with van der Waals surface area (Å²) in [5, 5.41) is 6.16. The molecule has 6 heteroatoms. The maximum atomic E-state index is 11.8. The lowest BCUT2D eigenvalue weighted by Gasteiger charge is -2.10. The van der Waals surface area contributed by atoms with Crippen LogP contribution in [0.1, 0.15) is 18.4 Å². The number of urea groups is 1. The Labute approximate surface area is 140 Å². The molecule has 0 aliphatic rings. The molecule has 0 saturated carbocycles. The van der Waals surface area contributed by atoms with Gasteiger partial charge in [0.15, 0.2) is 0 Å². The summed E-state index contributed by atoms with van der Waals surface area (Å²) in [6.45, 7) is 3.10. The number of aryl methyl sites for hydroxylation is 2. The van der Waals surface area contributed by atoms with Crippen LogP contribution in [0.2, 0.25) is 5.02 Å². The normalized spacial score (nSPS) is 10.3. The van der Waals surface area contributed by atoms with Crippen LogP contribution in [0.5, 0.6) is 0 Å². The molecule has 0 atom stereocenters. The van der Waals surface area contributed by atoms with E-state index in [0.29, 0.717) is 23.8 Å². The summed E-state index contributed by atoms with van der Waals surface area (Å²) in [7, 11) is 0. The summed E-state index contributed by atoms with van der Waals surface area (Å²) in [6.07, 6.45) is 3.38. The van der Waals surface area contributed by atoms with Gasteiger partial charge in [-0.1, -0.05) is 23.7 Å². The predicted molar refractivity (Wildman–Crippen MR) is 93.1 cm³/mol. The van der Waals surface area contributed by atoms with E-state index in [1.54, 1.807) is 35.0 Å². The van der Waals surface area contributed by atoms with Crippen LogP contribution in [0.4, 0.5) is 10.5 Å². The van der Waals surface area contributed by atoms with Crippen molar-refractivity contribution < 1.29 is 4.79 Å². The number of pyridine rings is 1. The van der Waals surface area contributed by atoms with Gasteiger partial charge in [-0.3, -0.25) is 4.79 Å². The van der Waals surface area contributed by atoms with Gasteiger partial charge in [-0.15, -0.1) is 0 Å². The monoisotopic (exact) mass is 333 g/mol. The Kier molecular flexibility index (Phi) is 6.23. The van der Waals surface area contributed by atoms with Crippen molar-refractivity contribution in [3.63, 3.8) is 0 Å². The summed E-state index contributed by atoms with van der Waals surface area (Å²) < 4.78 is 1.66. The molecule has 0 radical (unpaired) electrons. The van der Waals surface area contributed by atoms with Gasteiger partial charge in [-0.2, -0.15) is 0 Å². The van der Waals surface area contributed by atoms with E-state index in [9.17, 15) is 9.59 Å². The lowest BCUT2D eigenvalue weighted by Crippen LogP contribution is -2.30. The molecule has 0 spiro atoms. The zero-order valence-corrected chi connectivity index (χ0v) is 13.8. The van der Waals surface area contributed by atoms with Crippen molar-refractivity contribution in [1.82, 2.24) is 9.88 Å². The van der Waals surface area contributed by atoms with Crippen LogP contribution in [-0.4, -0.2) is 17.1 Å². The van der Waals surface area contributed by atoms with E-state index < -0.39 is 0 Å². The molecule has 0 fully saturated rings. The number of carbonyl (C=O) groups is 1. The third-order valence-corrected chi connectivity index (χ3v) is 3.69. The average Bonchev–Trinajstić information content (AvgIpc) is 2.52. The Morgan fingerprint density at radius 1 is 1.22 bits per heavy atom. The highest BCUT2D eigenvalue weighted by molar-refractivity contribution is 6.31. The number of unbranched alkanes of at least 4 members (excludes halogenated alkanes) is 1. The van der Waals surface area contributed by atoms with Crippen LogP contribution in [-0.2, 0) is 6.54 Å². The molecule has 0 aliphatic carbocycles. The molecule has 0 bridgehead atoms. The largest absolute Gasteiger partial charge is 0.338 e. The van der Waals surface area contributed by atoms with Crippen LogP contribution in [0, 0.1) is 6.92 Å². The van der Waals surface area contributed by atoms with Crippen molar-refractivity contribution in [2.24, 2.45) is 0 Å². The van der Waals surface area contributed by atoms with E-state index in [0.717, 1.165) is 18.4 Å². The third-order valence-electron chi connectivity index (χ3n) is 3.46. The third kappa shape index (κ3) is 5.45. The van der Waals surface area contributed by atoms with Crippen LogP contribution in [0.3, 0.4) is 0 Å². The molecule has 2 N–H and O–H groups in total. The van der Waals surface area contributed by atoms with Crippen LogP contribution < -0.4 is 16.2 Å². The Bertz CT molecular complexity index is 728. The van der Waals surface area contributed by atoms with E-state index >= 15 is 0 Å². The molecule has 122 valence electrons. The predicted octanol–water partition coefficient (Wildman–Crippen LogP) is 3.41. The van der Waals surface area contributed by atoms with E-state index in [2.05, 4.69) is 10.6 Å². The second-order valence-corrected chi connectivity index (χ2v) is 5.72. The van der Waals surface area contributed by atoms with E-state index in [1.165, 1.54) is 0 Å². The van der Waals surface area contributed by atoms with Gasteiger partial charge in [-0.05, 0) is 43.5 Å². The number of amides is 2. The Morgan fingerprint density at radius 3 is 2.83 bits per heavy atom. The number of hydrogen-bond acceptors (Lipinski definition) is 2. The zero-order chi connectivity index (χ0) is 16.7. The second kappa shape index (κ2) is 8.39. The average molecular weight is 334 g/mol. The van der Waals surface area contributed by atoms with E-state index in [-0.39, 0.29) is 11.6 Å². The van der Waals surface area contributed by atoms with Gasteiger partial charge in [0.25, 0.3) is 0 Å². The Morgan fingerprint density at radius 2 is 2.04 bits per heavy atom. The number of halogens is 1. The summed E-state index contributed by atoms with van der Waals surface area (Å²) >= 11 is 5.92. The summed E-state index contributed by atoms with van der Waals surface area (Å²) in [4.78, 5) is 23.4. The summed E-state index contributed by atoms with van der Waals surface area (Å²) in [5.41, 5.74) is 1.65. The van der Waals surface area contributed by atoms with Gasteiger partial charge < -0.3 is 15.2 Å². The topological polar surface area (TPSA) is 63.1 Å². The molecule has 1 heterocycles. The van der Waals surface area contributed by atoms with Crippen molar-refractivity contribution in [3.05, 3.63) is 63.5 Å². The Balaban J connectivity index is 1.70. The highest BCUT2D eigenvalue weighted by atomic mass is 35.5. The lowest BCUT2D eigenvalue weighted by atomic mass is 10.2. The Hall–Kier alpha value is -2.27. The maximum absolute atomic E-state index is 11.8. The first kappa shape index (κ1) is 17.1. The van der Waals surface area contributed by atoms with Crippen molar-refractivity contribution in [2.45, 2.75) is 26.3 Å². The molecular formula is C17H20ClN3O2. The lowest BCUT2D eigenvalue weighted by molar-refractivity contribution is 0.252.